The smallest absolute Gasteiger partial charge is 0.0656 e. The lowest BCUT2D eigenvalue weighted by Crippen LogP contribution is -2.41. The van der Waals surface area contributed by atoms with Crippen LogP contribution in [0.4, 0.5) is 0 Å². The Kier molecular flexibility index (Phi) is 4.00. The quantitative estimate of drug-likeness (QED) is 0.677. The number of hydrogen-bond donors (Lipinski definition) is 0. The first-order valence-electron chi connectivity index (χ1n) is 6.38. The summed E-state index contributed by atoms with van der Waals surface area (Å²) < 4.78 is 0. The van der Waals surface area contributed by atoms with Crippen molar-refractivity contribution in [2.45, 2.75) is 59.2 Å². The Morgan fingerprint density at radius 1 is 0.875 bits per heavy atom. The first-order chi connectivity index (χ1) is 7.25. The zero-order valence-corrected chi connectivity index (χ0v) is 12.9. The Morgan fingerprint density at radius 2 is 1.44 bits per heavy atom. The van der Waals surface area contributed by atoms with Crippen molar-refractivity contribution < 1.29 is 0 Å². The lowest BCUT2D eigenvalue weighted by Gasteiger charge is -2.27. The molecule has 0 fully saturated rings. The van der Waals surface area contributed by atoms with Crippen molar-refractivity contribution >= 4 is 13.3 Å². The van der Waals surface area contributed by atoms with Gasteiger partial charge in [-0.05, 0) is 23.0 Å². The van der Waals surface area contributed by atoms with Crippen molar-refractivity contribution in [3.8, 4) is 0 Å². The Bertz CT molecular complexity index is 356. The second kappa shape index (κ2) is 4.75. The molecule has 0 aliphatic carbocycles. The molecule has 16 heavy (non-hydrogen) atoms. The van der Waals surface area contributed by atoms with Gasteiger partial charge in [0.1, 0.15) is 0 Å². The third kappa shape index (κ3) is 2.76. The van der Waals surface area contributed by atoms with Crippen molar-refractivity contribution in [3.05, 3.63) is 29.3 Å². The molecule has 0 saturated heterocycles. The van der Waals surface area contributed by atoms with Crippen LogP contribution in [-0.2, 0) is 0 Å². The van der Waals surface area contributed by atoms with Crippen LogP contribution >= 0.6 is 0 Å². The molecule has 0 amide bonds. The van der Waals surface area contributed by atoms with Crippen LogP contribution in [-0.4, -0.2) is 8.07 Å². The second-order valence-corrected chi connectivity index (χ2v) is 11.4. The third-order valence-electron chi connectivity index (χ3n) is 3.15. The summed E-state index contributed by atoms with van der Waals surface area (Å²) in [5.74, 6) is 1.27. The van der Waals surface area contributed by atoms with E-state index < -0.39 is 8.07 Å². The zero-order chi connectivity index (χ0) is 12.5. The van der Waals surface area contributed by atoms with E-state index in [1.54, 1.807) is 16.3 Å². The topological polar surface area (TPSA) is 0 Å². The van der Waals surface area contributed by atoms with Gasteiger partial charge in [0, 0.05) is 0 Å². The highest BCUT2D eigenvalue weighted by Gasteiger charge is 2.23. The molecule has 0 bridgehead atoms. The van der Waals surface area contributed by atoms with Crippen LogP contribution in [0.5, 0.6) is 0 Å². The maximum absolute atomic E-state index is 2.44. The Hall–Kier alpha value is -0.563. The SMILES string of the molecule is CC(C)c1cccc([Si](C)(C)C)c1C(C)C. The molecule has 0 N–H and O–H groups in total. The van der Waals surface area contributed by atoms with Gasteiger partial charge in [-0.3, -0.25) is 0 Å². The summed E-state index contributed by atoms with van der Waals surface area (Å²) >= 11 is 0. The van der Waals surface area contributed by atoms with Crippen molar-refractivity contribution in [3.63, 3.8) is 0 Å². The zero-order valence-electron chi connectivity index (χ0n) is 11.9. The molecule has 1 aromatic rings. The van der Waals surface area contributed by atoms with Crippen molar-refractivity contribution in [1.29, 1.82) is 0 Å². The lowest BCUT2D eigenvalue weighted by atomic mass is 9.91. The summed E-state index contributed by atoms with van der Waals surface area (Å²) in [5.41, 5.74) is 3.17. The molecular weight excluding hydrogens is 208 g/mol. The minimum atomic E-state index is -1.22. The summed E-state index contributed by atoms with van der Waals surface area (Å²) in [6.45, 7) is 16.6. The molecule has 0 atom stereocenters. The average molecular weight is 234 g/mol. The van der Waals surface area contributed by atoms with Crippen LogP contribution in [0.2, 0.25) is 19.6 Å². The van der Waals surface area contributed by atoms with Gasteiger partial charge in [-0.2, -0.15) is 0 Å². The van der Waals surface area contributed by atoms with Gasteiger partial charge < -0.3 is 0 Å². The van der Waals surface area contributed by atoms with E-state index >= 15 is 0 Å². The summed E-state index contributed by atoms with van der Waals surface area (Å²) in [5, 5.41) is 1.65. The Labute approximate surface area is 102 Å². The molecule has 0 aliphatic heterocycles. The number of rotatable bonds is 3. The molecule has 0 nitrogen and oxygen atoms in total. The fourth-order valence-electron chi connectivity index (χ4n) is 2.38. The monoisotopic (exact) mass is 234 g/mol. The predicted octanol–water partition coefficient (Wildman–Crippen LogP) is 4.48. The molecule has 0 aromatic heterocycles. The predicted molar refractivity (Wildman–Crippen MR) is 77.6 cm³/mol. The molecule has 0 heterocycles. The van der Waals surface area contributed by atoms with Gasteiger partial charge in [0.25, 0.3) is 0 Å². The lowest BCUT2D eigenvalue weighted by molar-refractivity contribution is 0.794. The largest absolute Gasteiger partial charge is 0.0779 e. The fourth-order valence-corrected chi connectivity index (χ4v) is 4.22. The van der Waals surface area contributed by atoms with Gasteiger partial charge in [0.2, 0.25) is 0 Å². The van der Waals surface area contributed by atoms with Gasteiger partial charge in [-0.25, -0.2) is 0 Å². The maximum atomic E-state index is 2.44. The molecule has 0 radical (unpaired) electrons. The fraction of sp³-hybridized carbons (Fsp3) is 0.600. The normalized spacial score (nSPS) is 12.6. The molecule has 0 unspecified atom stereocenters. The van der Waals surface area contributed by atoms with Crippen LogP contribution in [0.3, 0.4) is 0 Å². The van der Waals surface area contributed by atoms with Crippen LogP contribution in [0.15, 0.2) is 18.2 Å². The van der Waals surface area contributed by atoms with E-state index in [4.69, 9.17) is 0 Å². The summed E-state index contributed by atoms with van der Waals surface area (Å²) in [6.07, 6.45) is 0. The maximum Gasteiger partial charge on any atom is 0.0779 e. The third-order valence-corrected chi connectivity index (χ3v) is 5.20. The van der Waals surface area contributed by atoms with Crippen LogP contribution in [0.1, 0.15) is 50.7 Å². The molecular formula is C15H26Si. The first-order valence-corrected chi connectivity index (χ1v) is 9.88. The average Bonchev–Trinajstić information content (AvgIpc) is 2.14. The van der Waals surface area contributed by atoms with Crippen molar-refractivity contribution in [1.82, 2.24) is 0 Å². The second-order valence-electron chi connectivity index (χ2n) is 6.37. The molecule has 1 rings (SSSR count). The first kappa shape index (κ1) is 13.5. The van der Waals surface area contributed by atoms with Gasteiger partial charge in [0.15, 0.2) is 0 Å². The van der Waals surface area contributed by atoms with Crippen molar-refractivity contribution in [2.75, 3.05) is 0 Å². The van der Waals surface area contributed by atoms with E-state index in [0.717, 1.165) is 0 Å². The van der Waals surface area contributed by atoms with Crippen LogP contribution in [0.25, 0.3) is 0 Å². The van der Waals surface area contributed by atoms with Crippen molar-refractivity contribution in [2.24, 2.45) is 0 Å². The van der Waals surface area contributed by atoms with E-state index in [-0.39, 0.29) is 0 Å². The number of benzene rings is 1. The van der Waals surface area contributed by atoms with E-state index in [2.05, 4.69) is 65.5 Å². The van der Waals surface area contributed by atoms with E-state index in [0.29, 0.717) is 11.8 Å². The van der Waals surface area contributed by atoms with Crippen LogP contribution in [0, 0.1) is 0 Å². The molecule has 90 valence electrons. The summed E-state index contributed by atoms with van der Waals surface area (Å²) in [6, 6.07) is 6.91. The van der Waals surface area contributed by atoms with E-state index in [1.807, 2.05) is 0 Å². The highest BCUT2D eigenvalue weighted by atomic mass is 28.3. The summed E-state index contributed by atoms with van der Waals surface area (Å²) in [4.78, 5) is 0. The molecule has 1 aromatic carbocycles. The minimum absolute atomic E-state index is 0.633. The Balaban J connectivity index is 3.45. The van der Waals surface area contributed by atoms with Gasteiger partial charge >= 0.3 is 0 Å². The van der Waals surface area contributed by atoms with Crippen LogP contribution < -0.4 is 5.19 Å². The molecule has 0 saturated carbocycles. The Morgan fingerprint density at radius 3 is 1.81 bits per heavy atom. The molecule has 1 heteroatoms. The van der Waals surface area contributed by atoms with Gasteiger partial charge in [0.05, 0.1) is 8.07 Å². The van der Waals surface area contributed by atoms with Gasteiger partial charge in [-0.15, -0.1) is 0 Å². The van der Waals surface area contributed by atoms with Gasteiger partial charge in [-0.1, -0.05) is 70.7 Å². The summed E-state index contributed by atoms with van der Waals surface area (Å²) in [7, 11) is -1.22. The van der Waals surface area contributed by atoms with E-state index in [9.17, 15) is 0 Å². The highest BCUT2D eigenvalue weighted by molar-refractivity contribution is 6.89. The number of hydrogen-bond acceptors (Lipinski definition) is 0. The molecule has 0 spiro atoms. The van der Waals surface area contributed by atoms with E-state index in [1.165, 1.54) is 0 Å². The highest BCUT2D eigenvalue weighted by Crippen LogP contribution is 2.26. The molecule has 0 aliphatic rings. The standard InChI is InChI=1S/C15H26Si/c1-11(2)13-9-8-10-14(16(5,6)7)15(13)12(3)4/h8-12H,1-7H3. The minimum Gasteiger partial charge on any atom is -0.0656 e.